The van der Waals surface area contributed by atoms with Crippen LogP contribution in [0, 0.1) is 5.41 Å². The number of unbranched alkanes of at least 4 members (excludes halogenated alkanes) is 2. The first-order valence-electron chi connectivity index (χ1n) is 11.5. The molecule has 0 aliphatic carbocycles. The monoisotopic (exact) mass is 414 g/mol. The van der Waals surface area contributed by atoms with Gasteiger partial charge in [-0.3, -0.25) is 0 Å². The van der Waals surface area contributed by atoms with Crippen LogP contribution >= 0.6 is 0 Å². The zero-order chi connectivity index (χ0) is 21.3. The summed E-state index contributed by atoms with van der Waals surface area (Å²) in [4.78, 5) is 4.20. The predicted octanol–water partition coefficient (Wildman–Crippen LogP) is 5.63. The predicted molar refractivity (Wildman–Crippen MR) is 120 cm³/mol. The Kier molecular flexibility index (Phi) is 8.34. The highest BCUT2D eigenvalue weighted by atomic mass is 16.7. The van der Waals surface area contributed by atoms with Crippen LogP contribution in [-0.2, 0) is 22.4 Å². The number of aryl methyl sites for hydroxylation is 1. The molecule has 1 aliphatic rings. The third kappa shape index (κ3) is 6.08. The van der Waals surface area contributed by atoms with Gasteiger partial charge in [0.05, 0.1) is 33.2 Å². The maximum Gasteiger partial charge on any atom is 0.186 e. The number of aromatic nitrogens is 2. The van der Waals surface area contributed by atoms with Gasteiger partial charge in [-0.1, -0.05) is 51.7 Å². The minimum atomic E-state index is -0.609. The van der Waals surface area contributed by atoms with E-state index in [2.05, 4.69) is 35.5 Å². The molecular weight excluding hydrogens is 376 g/mol. The molecule has 0 N–H and O–H groups in total. The number of hydrogen-bond acceptors (Lipinski definition) is 4. The van der Waals surface area contributed by atoms with Crippen molar-refractivity contribution in [3.8, 4) is 5.75 Å². The molecule has 0 spiro atoms. The zero-order valence-electron chi connectivity index (χ0n) is 18.9. The molecule has 0 unspecified atom stereocenters. The van der Waals surface area contributed by atoms with Gasteiger partial charge in [-0.15, -0.1) is 0 Å². The van der Waals surface area contributed by atoms with Gasteiger partial charge < -0.3 is 18.8 Å². The maximum absolute atomic E-state index is 6.62. The summed E-state index contributed by atoms with van der Waals surface area (Å²) in [6, 6.07) is 8.28. The van der Waals surface area contributed by atoms with Gasteiger partial charge in [0.25, 0.3) is 0 Å². The van der Waals surface area contributed by atoms with Crippen LogP contribution in [0.1, 0.15) is 64.4 Å². The van der Waals surface area contributed by atoms with E-state index in [9.17, 15) is 0 Å². The van der Waals surface area contributed by atoms with Crippen molar-refractivity contribution in [3.05, 3.63) is 48.5 Å². The molecule has 30 heavy (non-hydrogen) atoms. The van der Waals surface area contributed by atoms with Crippen molar-refractivity contribution in [2.45, 2.75) is 77.5 Å². The van der Waals surface area contributed by atoms with E-state index in [1.807, 2.05) is 30.9 Å². The molecule has 0 amide bonds. The SMILES string of the molecule is CCCCC1(CCCC)COC(CCc2ccc(OC)cc2)(Cn2ccnc2)OC1. The van der Waals surface area contributed by atoms with Crippen molar-refractivity contribution in [2.75, 3.05) is 20.3 Å². The molecule has 1 fully saturated rings. The topological polar surface area (TPSA) is 45.5 Å². The van der Waals surface area contributed by atoms with E-state index in [-0.39, 0.29) is 5.41 Å². The fraction of sp³-hybridized carbons (Fsp3) is 0.640. The number of methoxy groups -OCH3 is 1. The summed E-state index contributed by atoms with van der Waals surface area (Å²) in [5.74, 6) is 0.274. The van der Waals surface area contributed by atoms with Crippen LogP contribution in [0.5, 0.6) is 5.75 Å². The van der Waals surface area contributed by atoms with Crippen molar-refractivity contribution in [3.63, 3.8) is 0 Å². The average molecular weight is 415 g/mol. The van der Waals surface area contributed by atoms with Gasteiger partial charge in [-0.2, -0.15) is 0 Å². The Morgan fingerprint density at radius 3 is 2.20 bits per heavy atom. The molecule has 5 heteroatoms. The molecule has 1 aliphatic heterocycles. The second-order valence-electron chi connectivity index (χ2n) is 8.78. The normalized spacial score (nSPS) is 17.7. The highest BCUT2D eigenvalue weighted by molar-refractivity contribution is 5.27. The van der Waals surface area contributed by atoms with Crippen LogP contribution < -0.4 is 4.74 Å². The van der Waals surface area contributed by atoms with Crippen LogP contribution in [0.25, 0.3) is 0 Å². The van der Waals surface area contributed by atoms with E-state index in [1.165, 1.54) is 44.1 Å². The largest absolute Gasteiger partial charge is 0.497 e. The van der Waals surface area contributed by atoms with Crippen molar-refractivity contribution in [1.29, 1.82) is 0 Å². The molecule has 166 valence electrons. The standard InChI is InChI=1S/C25H38N2O3/c1-4-6-13-24(14-7-5-2)19-29-25(30-20-24,18-27-17-16-26-21-27)15-12-22-8-10-23(28-3)11-9-22/h8-11,16-17,21H,4-7,12-15,18-20H2,1-3H3. The van der Waals surface area contributed by atoms with Crippen LogP contribution in [0.2, 0.25) is 0 Å². The van der Waals surface area contributed by atoms with Crippen LogP contribution in [0.15, 0.2) is 43.0 Å². The second kappa shape index (κ2) is 11.0. The lowest BCUT2D eigenvalue weighted by atomic mass is 9.78. The van der Waals surface area contributed by atoms with Crippen molar-refractivity contribution >= 4 is 0 Å². The summed E-state index contributed by atoms with van der Waals surface area (Å²) in [6.45, 7) is 6.75. The zero-order valence-corrected chi connectivity index (χ0v) is 18.9. The molecule has 1 aromatic carbocycles. The second-order valence-corrected chi connectivity index (χ2v) is 8.78. The first kappa shape index (κ1) is 22.8. The maximum atomic E-state index is 6.62. The minimum Gasteiger partial charge on any atom is -0.497 e. The molecule has 5 nitrogen and oxygen atoms in total. The molecule has 0 radical (unpaired) electrons. The smallest absolute Gasteiger partial charge is 0.186 e. The summed E-state index contributed by atoms with van der Waals surface area (Å²) in [5.41, 5.74) is 1.42. The number of benzene rings is 1. The number of hydrogen-bond donors (Lipinski definition) is 0. The summed E-state index contributed by atoms with van der Waals surface area (Å²) < 4.78 is 20.6. The fourth-order valence-electron chi connectivity index (χ4n) is 4.27. The van der Waals surface area contributed by atoms with Gasteiger partial charge >= 0.3 is 0 Å². The summed E-state index contributed by atoms with van der Waals surface area (Å²) in [6.07, 6.45) is 14.6. The van der Waals surface area contributed by atoms with Gasteiger partial charge in [0.15, 0.2) is 5.79 Å². The Morgan fingerprint density at radius 1 is 1.00 bits per heavy atom. The Balaban J connectivity index is 1.70. The molecule has 3 rings (SSSR count). The van der Waals surface area contributed by atoms with E-state index in [0.717, 1.165) is 31.8 Å². The number of imidazole rings is 1. The third-order valence-electron chi connectivity index (χ3n) is 6.34. The van der Waals surface area contributed by atoms with Crippen molar-refractivity contribution in [1.82, 2.24) is 9.55 Å². The molecular formula is C25H38N2O3. The number of nitrogens with zero attached hydrogens (tertiary/aromatic N) is 2. The van der Waals surface area contributed by atoms with Gasteiger partial charge in [-0.25, -0.2) is 4.98 Å². The van der Waals surface area contributed by atoms with E-state index in [4.69, 9.17) is 14.2 Å². The molecule has 1 saturated heterocycles. The van der Waals surface area contributed by atoms with E-state index < -0.39 is 5.79 Å². The summed E-state index contributed by atoms with van der Waals surface area (Å²) in [7, 11) is 1.70. The van der Waals surface area contributed by atoms with E-state index in [1.54, 1.807) is 7.11 Å². The molecule has 0 atom stereocenters. The van der Waals surface area contributed by atoms with E-state index in [0.29, 0.717) is 6.54 Å². The van der Waals surface area contributed by atoms with Crippen molar-refractivity contribution in [2.24, 2.45) is 5.41 Å². The molecule has 0 bridgehead atoms. The minimum absolute atomic E-state index is 0.157. The van der Waals surface area contributed by atoms with Crippen LogP contribution in [0.3, 0.4) is 0 Å². The van der Waals surface area contributed by atoms with Gasteiger partial charge in [-0.05, 0) is 37.0 Å². The average Bonchev–Trinajstić information content (AvgIpc) is 3.30. The summed E-state index contributed by atoms with van der Waals surface area (Å²) in [5, 5.41) is 0. The molecule has 2 aromatic rings. The fourth-order valence-corrected chi connectivity index (χ4v) is 4.27. The lowest BCUT2D eigenvalue weighted by Crippen LogP contribution is -2.52. The Hall–Kier alpha value is -1.85. The van der Waals surface area contributed by atoms with Gasteiger partial charge in [0, 0.05) is 24.2 Å². The molecule has 2 heterocycles. The first-order chi connectivity index (χ1) is 14.6. The Labute approximate surface area is 181 Å². The van der Waals surface area contributed by atoms with Crippen LogP contribution in [0.4, 0.5) is 0 Å². The lowest BCUT2D eigenvalue weighted by Gasteiger charge is -2.47. The number of ether oxygens (including phenoxy) is 3. The third-order valence-corrected chi connectivity index (χ3v) is 6.34. The Morgan fingerprint density at radius 2 is 1.67 bits per heavy atom. The molecule has 0 saturated carbocycles. The van der Waals surface area contributed by atoms with E-state index >= 15 is 0 Å². The first-order valence-corrected chi connectivity index (χ1v) is 11.5. The van der Waals surface area contributed by atoms with Gasteiger partial charge in [0.1, 0.15) is 5.75 Å². The Bertz CT molecular complexity index is 709. The summed E-state index contributed by atoms with van der Waals surface area (Å²) >= 11 is 0. The molecule has 1 aromatic heterocycles. The van der Waals surface area contributed by atoms with Crippen LogP contribution in [-0.4, -0.2) is 35.7 Å². The highest BCUT2D eigenvalue weighted by Crippen LogP contribution is 2.40. The van der Waals surface area contributed by atoms with Crippen molar-refractivity contribution < 1.29 is 14.2 Å². The lowest BCUT2D eigenvalue weighted by molar-refractivity contribution is -0.314. The quantitative estimate of drug-likeness (QED) is 0.451. The number of rotatable bonds is 12. The van der Waals surface area contributed by atoms with Gasteiger partial charge in [0.2, 0.25) is 0 Å². The highest BCUT2D eigenvalue weighted by Gasteiger charge is 2.44.